The number of hydrogen-bond acceptors (Lipinski definition) is 3. The summed E-state index contributed by atoms with van der Waals surface area (Å²) >= 11 is 0. The summed E-state index contributed by atoms with van der Waals surface area (Å²) in [5.74, 6) is -1.74. The van der Waals surface area contributed by atoms with Crippen molar-refractivity contribution in [1.29, 1.82) is 0 Å². The van der Waals surface area contributed by atoms with Crippen LogP contribution in [0.3, 0.4) is 0 Å². The third kappa shape index (κ3) is 6.22. The molecule has 0 aromatic heterocycles. The Morgan fingerprint density at radius 2 is 2.00 bits per heavy atom. The van der Waals surface area contributed by atoms with Gasteiger partial charge in [-0.1, -0.05) is 20.3 Å². The second kappa shape index (κ2) is 7.12. The molecule has 0 fully saturated rings. The highest BCUT2D eigenvalue weighted by Gasteiger charge is 2.08. The van der Waals surface area contributed by atoms with Gasteiger partial charge in [-0.2, -0.15) is 0 Å². The van der Waals surface area contributed by atoms with E-state index in [1.807, 2.05) is 13.8 Å². The van der Waals surface area contributed by atoms with E-state index in [9.17, 15) is 9.59 Å². The molecule has 1 unspecified atom stereocenters. The van der Waals surface area contributed by atoms with Crippen molar-refractivity contribution >= 4 is 11.9 Å². The lowest BCUT2D eigenvalue weighted by Gasteiger charge is -2.13. The Balaban J connectivity index is 3.96. The molecule has 0 radical (unpaired) electrons. The van der Waals surface area contributed by atoms with Crippen LogP contribution in [0.2, 0.25) is 0 Å². The van der Waals surface area contributed by atoms with Gasteiger partial charge in [0.2, 0.25) is 0 Å². The maximum Gasteiger partial charge on any atom is 0.331 e. The van der Waals surface area contributed by atoms with E-state index in [1.54, 1.807) is 0 Å². The summed E-state index contributed by atoms with van der Waals surface area (Å²) in [4.78, 5) is 21.1. The summed E-state index contributed by atoms with van der Waals surface area (Å²) in [6.07, 6.45) is 4.10. The zero-order valence-corrected chi connectivity index (χ0v) is 8.53. The van der Waals surface area contributed by atoms with Crippen molar-refractivity contribution in [3.05, 3.63) is 12.2 Å². The van der Waals surface area contributed by atoms with Crippen molar-refractivity contribution in [1.82, 2.24) is 0 Å². The van der Waals surface area contributed by atoms with Gasteiger partial charge in [-0.05, 0) is 12.8 Å². The van der Waals surface area contributed by atoms with Crippen LogP contribution < -0.4 is 0 Å². The topological polar surface area (TPSA) is 63.6 Å². The summed E-state index contributed by atoms with van der Waals surface area (Å²) in [5.41, 5.74) is 0. The van der Waals surface area contributed by atoms with Crippen LogP contribution >= 0.6 is 0 Å². The molecular weight excluding hydrogens is 184 g/mol. The molecule has 0 saturated heterocycles. The first kappa shape index (κ1) is 12.7. The van der Waals surface area contributed by atoms with E-state index in [-0.39, 0.29) is 6.10 Å². The molecule has 0 saturated carbocycles. The molecule has 80 valence electrons. The molecule has 1 N–H and O–H groups in total. The van der Waals surface area contributed by atoms with E-state index in [4.69, 9.17) is 9.84 Å². The number of carboxylic acid groups (broad SMARTS) is 1. The van der Waals surface area contributed by atoms with E-state index in [2.05, 4.69) is 0 Å². The molecule has 0 spiro atoms. The highest BCUT2D eigenvalue weighted by Crippen LogP contribution is 2.06. The smallest absolute Gasteiger partial charge is 0.331 e. The number of carboxylic acids is 1. The van der Waals surface area contributed by atoms with E-state index in [0.29, 0.717) is 0 Å². The number of hydrogen-bond donors (Lipinski definition) is 1. The van der Waals surface area contributed by atoms with Crippen LogP contribution in [-0.4, -0.2) is 23.1 Å². The fourth-order valence-electron chi connectivity index (χ4n) is 1.01. The average Bonchev–Trinajstić information content (AvgIpc) is 2.14. The molecule has 0 aliphatic rings. The molecule has 0 bridgehead atoms. The molecular formula is C10H16O4. The Kier molecular flexibility index (Phi) is 6.45. The maximum atomic E-state index is 11.0. The van der Waals surface area contributed by atoms with Crippen LogP contribution in [0.25, 0.3) is 0 Å². The average molecular weight is 200 g/mol. The van der Waals surface area contributed by atoms with E-state index >= 15 is 0 Å². The van der Waals surface area contributed by atoms with Crippen molar-refractivity contribution in [2.75, 3.05) is 0 Å². The summed E-state index contributed by atoms with van der Waals surface area (Å²) in [6.45, 7) is 3.93. The van der Waals surface area contributed by atoms with Crippen LogP contribution in [0, 0.1) is 0 Å². The van der Waals surface area contributed by atoms with Crippen LogP contribution in [0.5, 0.6) is 0 Å². The first-order chi connectivity index (χ1) is 6.60. The third-order valence-electron chi connectivity index (χ3n) is 1.71. The van der Waals surface area contributed by atoms with E-state index in [0.717, 1.165) is 31.4 Å². The molecule has 14 heavy (non-hydrogen) atoms. The zero-order chi connectivity index (χ0) is 11.0. The van der Waals surface area contributed by atoms with Gasteiger partial charge in [-0.25, -0.2) is 9.59 Å². The van der Waals surface area contributed by atoms with Gasteiger partial charge in [0.05, 0.1) is 0 Å². The number of rotatable bonds is 6. The second-order valence-electron chi connectivity index (χ2n) is 2.93. The number of carbonyl (C=O) groups excluding carboxylic acids is 1. The Labute approximate surface area is 83.6 Å². The quantitative estimate of drug-likeness (QED) is 0.524. The monoisotopic (exact) mass is 200 g/mol. The van der Waals surface area contributed by atoms with Gasteiger partial charge in [0.25, 0.3) is 0 Å². The normalized spacial score (nSPS) is 12.7. The van der Waals surface area contributed by atoms with E-state index in [1.165, 1.54) is 0 Å². The molecule has 0 aromatic rings. The summed E-state index contributed by atoms with van der Waals surface area (Å²) in [5, 5.41) is 8.26. The van der Waals surface area contributed by atoms with Gasteiger partial charge in [-0.3, -0.25) is 0 Å². The number of ether oxygens (including phenoxy) is 1. The van der Waals surface area contributed by atoms with Gasteiger partial charge in [0, 0.05) is 12.2 Å². The number of esters is 1. The van der Waals surface area contributed by atoms with Crippen molar-refractivity contribution in [3.63, 3.8) is 0 Å². The largest absolute Gasteiger partial charge is 0.478 e. The molecule has 0 amide bonds. The molecule has 1 atom stereocenters. The Morgan fingerprint density at radius 3 is 2.43 bits per heavy atom. The van der Waals surface area contributed by atoms with Crippen molar-refractivity contribution in [3.8, 4) is 0 Å². The summed E-state index contributed by atoms with van der Waals surface area (Å²) < 4.78 is 5.00. The highest BCUT2D eigenvalue weighted by molar-refractivity contribution is 5.90. The summed E-state index contributed by atoms with van der Waals surface area (Å²) in [6, 6.07) is 0. The van der Waals surface area contributed by atoms with Crippen LogP contribution in [0.15, 0.2) is 12.2 Å². The zero-order valence-electron chi connectivity index (χ0n) is 8.53. The Morgan fingerprint density at radius 1 is 1.36 bits per heavy atom. The lowest BCUT2D eigenvalue weighted by Crippen LogP contribution is -2.15. The first-order valence-corrected chi connectivity index (χ1v) is 4.71. The molecule has 0 aliphatic heterocycles. The minimum atomic E-state index is -1.15. The molecule has 4 nitrogen and oxygen atoms in total. The van der Waals surface area contributed by atoms with Crippen LogP contribution in [0.4, 0.5) is 0 Å². The predicted octanol–water partition coefficient (Wildman–Crippen LogP) is 1.75. The number of carbonyl (C=O) groups is 2. The van der Waals surface area contributed by atoms with Crippen LogP contribution in [0.1, 0.15) is 33.1 Å². The highest BCUT2D eigenvalue weighted by atomic mass is 16.5. The number of aliphatic carboxylic acids is 1. The third-order valence-corrected chi connectivity index (χ3v) is 1.71. The van der Waals surface area contributed by atoms with Gasteiger partial charge >= 0.3 is 11.9 Å². The Bertz CT molecular complexity index is 220. The molecule has 0 heterocycles. The van der Waals surface area contributed by atoms with Crippen molar-refractivity contribution in [2.24, 2.45) is 0 Å². The van der Waals surface area contributed by atoms with Crippen LogP contribution in [-0.2, 0) is 14.3 Å². The predicted molar refractivity (Wildman–Crippen MR) is 51.9 cm³/mol. The fourth-order valence-corrected chi connectivity index (χ4v) is 1.01. The van der Waals surface area contributed by atoms with Crippen molar-refractivity contribution < 1.29 is 19.4 Å². The lowest BCUT2D eigenvalue weighted by atomic mass is 10.2. The summed E-state index contributed by atoms with van der Waals surface area (Å²) in [7, 11) is 0. The molecule has 4 heteroatoms. The van der Waals surface area contributed by atoms with Gasteiger partial charge in [-0.15, -0.1) is 0 Å². The first-order valence-electron chi connectivity index (χ1n) is 4.71. The Hall–Kier alpha value is -1.32. The van der Waals surface area contributed by atoms with E-state index < -0.39 is 11.9 Å². The lowest BCUT2D eigenvalue weighted by molar-refractivity contribution is -0.144. The van der Waals surface area contributed by atoms with Gasteiger partial charge in [0.1, 0.15) is 6.10 Å². The maximum absolute atomic E-state index is 11.0. The SMILES string of the molecule is CCCC(CC)OC(=O)C=CC(=O)O. The second-order valence-corrected chi connectivity index (χ2v) is 2.93. The molecule has 0 aliphatic carbocycles. The minimum Gasteiger partial charge on any atom is -0.478 e. The fraction of sp³-hybridized carbons (Fsp3) is 0.600. The minimum absolute atomic E-state index is 0.106. The van der Waals surface area contributed by atoms with Gasteiger partial charge in [0.15, 0.2) is 0 Å². The molecule has 0 aromatic carbocycles. The van der Waals surface area contributed by atoms with Crippen molar-refractivity contribution in [2.45, 2.75) is 39.2 Å². The molecule has 0 rings (SSSR count). The standard InChI is InChI=1S/C10H16O4/c1-3-5-8(4-2)14-10(13)7-6-9(11)12/h6-8H,3-5H2,1-2H3,(H,11,12). The van der Waals surface area contributed by atoms with Gasteiger partial charge < -0.3 is 9.84 Å².